The summed E-state index contributed by atoms with van der Waals surface area (Å²) in [5.74, 6) is 0.985. The van der Waals surface area contributed by atoms with E-state index in [9.17, 15) is 9.59 Å². The van der Waals surface area contributed by atoms with Crippen LogP contribution in [-0.4, -0.2) is 41.7 Å². The largest absolute Gasteiger partial charge is 0.497 e. The Kier molecular flexibility index (Phi) is 7.91. The monoisotopic (exact) mass is 474 g/mol. The number of aryl methyl sites for hydroxylation is 1. The van der Waals surface area contributed by atoms with Crippen LogP contribution >= 0.6 is 11.8 Å². The molecule has 3 atom stereocenters. The molecule has 2 amide bonds. The Hall–Kier alpha value is -3.25. The molecule has 1 saturated heterocycles. The van der Waals surface area contributed by atoms with E-state index in [0.717, 1.165) is 18.4 Å². The molecule has 0 bridgehead atoms. The van der Waals surface area contributed by atoms with Gasteiger partial charge >= 0.3 is 0 Å². The predicted molar refractivity (Wildman–Crippen MR) is 137 cm³/mol. The number of methoxy groups -OCH3 is 1. The lowest BCUT2D eigenvalue weighted by molar-refractivity contribution is -0.125. The molecule has 0 spiro atoms. The molecule has 1 aliphatic rings. The predicted octanol–water partition coefficient (Wildman–Crippen LogP) is 5.09. The van der Waals surface area contributed by atoms with Crippen molar-refractivity contribution in [3.8, 4) is 5.75 Å². The number of hydrogen-bond acceptors (Lipinski definition) is 4. The zero-order valence-electron chi connectivity index (χ0n) is 19.5. The highest BCUT2D eigenvalue weighted by Crippen LogP contribution is 2.42. The van der Waals surface area contributed by atoms with Crippen LogP contribution in [0.2, 0.25) is 0 Å². The molecule has 1 N–H and O–H groups in total. The van der Waals surface area contributed by atoms with E-state index in [1.807, 2.05) is 55.5 Å². The molecule has 1 aliphatic heterocycles. The number of amides is 2. The van der Waals surface area contributed by atoms with E-state index < -0.39 is 6.04 Å². The van der Waals surface area contributed by atoms with Gasteiger partial charge in [-0.2, -0.15) is 0 Å². The molecule has 0 saturated carbocycles. The summed E-state index contributed by atoms with van der Waals surface area (Å²) in [7, 11) is 1.60. The standard InChI is InChI=1S/C28H30N2O3S/c1-20(13-14-21-9-5-3-6-10-21)29-26(31)25-19-34-28(23-11-7-4-8-12-23)30(25)27(32)22-15-17-24(33-2)18-16-22/h3-12,15-18,20,25,28H,13-14,19H2,1-2H3,(H,29,31). The minimum absolute atomic E-state index is 0.00594. The number of nitrogens with zero attached hydrogens (tertiary/aromatic N) is 1. The first-order valence-electron chi connectivity index (χ1n) is 11.5. The summed E-state index contributed by atoms with van der Waals surface area (Å²) in [6.07, 6.45) is 1.73. The van der Waals surface area contributed by atoms with Crippen LogP contribution in [0.25, 0.3) is 0 Å². The van der Waals surface area contributed by atoms with Gasteiger partial charge in [-0.25, -0.2) is 0 Å². The van der Waals surface area contributed by atoms with Crippen molar-refractivity contribution in [2.45, 2.75) is 37.2 Å². The highest BCUT2D eigenvalue weighted by molar-refractivity contribution is 7.99. The molecular formula is C28H30N2O3S. The Morgan fingerprint density at radius 1 is 1.00 bits per heavy atom. The Morgan fingerprint density at radius 2 is 1.65 bits per heavy atom. The van der Waals surface area contributed by atoms with E-state index in [-0.39, 0.29) is 23.2 Å². The lowest BCUT2D eigenvalue weighted by atomic mass is 10.1. The lowest BCUT2D eigenvalue weighted by Crippen LogP contribution is -2.50. The molecule has 3 aromatic carbocycles. The maximum Gasteiger partial charge on any atom is 0.255 e. The van der Waals surface area contributed by atoms with Crippen molar-refractivity contribution in [1.82, 2.24) is 10.2 Å². The van der Waals surface area contributed by atoms with Crippen molar-refractivity contribution in [2.75, 3.05) is 12.9 Å². The SMILES string of the molecule is COc1ccc(C(=O)N2C(C(=O)NC(C)CCc3ccccc3)CSC2c2ccccc2)cc1. The summed E-state index contributed by atoms with van der Waals surface area (Å²) < 4.78 is 5.23. The lowest BCUT2D eigenvalue weighted by Gasteiger charge is -2.30. The van der Waals surface area contributed by atoms with Crippen molar-refractivity contribution in [3.05, 3.63) is 102 Å². The smallest absolute Gasteiger partial charge is 0.255 e. The molecule has 5 nitrogen and oxygen atoms in total. The van der Waals surface area contributed by atoms with Crippen LogP contribution < -0.4 is 10.1 Å². The number of rotatable bonds is 8. The summed E-state index contributed by atoms with van der Waals surface area (Å²) in [6.45, 7) is 2.02. The molecule has 0 aromatic heterocycles. The molecule has 0 radical (unpaired) electrons. The first-order chi connectivity index (χ1) is 16.6. The molecule has 0 aliphatic carbocycles. The minimum Gasteiger partial charge on any atom is -0.497 e. The average Bonchev–Trinajstić information content (AvgIpc) is 3.34. The Morgan fingerprint density at radius 3 is 2.29 bits per heavy atom. The van der Waals surface area contributed by atoms with Gasteiger partial charge in [0.05, 0.1) is 7.11 Å². The van der Waals surface area contributed by atoms with Gasteiger partial charge in [0, 0.05) is 17.4 Å². The number of ether oxygens (including phenoxy) is 1. The van der Waals surface area contributed by atoms with Crippen molar-refractivity contribution in [1.29, 1.82) is 0 Å². The van der Waals surface area contributed by atoms with E-state index in [1.54, 1.807) is 48.0 Å². The van der Waals surface area contributed by atoms with Crippen LogP contribution in [0.1, 0.15) is 40.2 Å². The fourth-order valence-corrected chi connectivity index (χ4v) is 5.58. The quantitative estimate of drug-likeness (QED) is 0.494. The minimum atomic E-state index is -0.538. The molecule has 176 valence electrons. The Labute approximate surface area is 205 Å². The summed E-state index contributed by atoms with van der Waals surface area (Å²) in [5.41, 5.74) is 2.81. The van der Waals surface area contributed by atoms with Crippen LogP contribution in [-0.2, 0) is 11.2 Å². The second kappa shape index (κ2) is 11.3. The summed E-state index contributed by atoms with van der Waals surface area (Å²) in [5, 5.41) is 2.94. The highest BCUT2D eigenvalue weighted by Gasteiger charge is 2.42. The molecule has 1 fully saturated rings. The van der Waals surface area contributed by atoms with Crippen LogP contribution in [0.3, 0.4) is 0 Å². The van der Waals surface area contributed by atoms with Crippen LogP contribution in [0.5, 0.6) is 5.75 Å². The second-order valence-corrected chi connectivity index (χ2v) is 9.60. The van der Waals surface area contributed by atoms with Gasteiger partial charge in [0.1, 0.15) is 17.2 Å². The molecule has 1 heterocycles. The number of thioether (sulfide) groups is 1. The van der Waals surface area contributed by atoms with Gasteiger partial charge in [-0.3, -0.25) is 9.59 Å². The Bertz CT molecular complexity index is 1090. The van der Waals surface area contributed by atoms with E-state index in [0.29, 0.717) is 17.1 Å². The second-order valence-electron chi connectivity index (χ2n) is 8.49. The van der Waals surface area contributed by atoms with Gasteiger partial charge in [0.15, 0.2) is 0 Å². The number of carbonyl (C=O) groups is 2. The molecule has 3 aromatic rings. The van der Waals surface area contributed by atoms with Crippen LogP contribution in [0.15, 0.2) is 84.9 Å². The molecule has 4 rings (SSSR count). The summed E-state index contributed by atoms with van der Waals surface area (Å²) >= 11 is 1.63. The highest BCUT2D eigenvalue weighted by atomic mass is 32.2. The third kappa shape index (κ3) is 5.62. The van der Waals surface area contributed by atoms with Gasteiger partial charge < -0.3 is 15.0 Å². The van der Waals surface area contributed by atoms with E-state index >= 15 is 0 Å². The van der Waals surface area contributed by atoms with Crippen molar-refractivity contribution in [3.63, 3.8) is 0 Å². The van der Waals surface area contributed by atoms with Crippen molar-refractivity contribution in [2.24, 2.45) is 0 Å². The van der Waals surface area contributed by atoms with Gasteiger partial charge in [-0.05, 0) is 55.2 Å². The van der Waals surface area contributed by atoms with Gasteiger partial charge in [-0.15, -0.1) is 11.8 Å². The van der Waals surface area contributed by atoms with Crippen LogP contribution in [0, 0.1) is 0 Å². The summed E-state index contributed by atoms with van der Waals surface area (Å²) in [6, 6.07) is 26.7. The fraction of sp³-hybridized carbons (Fsp3) is 0.286. The number of hydrogen-bond donors (Lipinski definition) is 1. The van der Waals surface area contributed by atoms with Crippen molar-refractivity contribution < 1.29 is 14.3 Å². The maximum atomic E-state index is 13.6. The molecular weight excluding hydrogens is 444 g/mol. The zero-order chi connectivity index (χ0) is 23.9. The summed E-state index contributed by atoms with van der Waals surface area (Å²) in [4.78, 5) is 28.7. The number of nitrogens with one attached hydrogen (secondary N) is 1. The first-order valence-corrected chi connectivity index (χ1v) is 12.6. The van der Waals surface area contributed by atoms with Gasteiger partial charge in [-0.1, -0.05) is 60.7 Å². The topological polar surface area (TPSA) is 58.6 Å². The molecule has 6 heteroatoms. The molecule has 34 heavy (non-hydrogen) atoms. The number of benzene rings is 3. The average molecular weight is 475 g/mol. The molecule has 3 unspecified atom stereocenters. The van der Waals surface area contributed by atoms with E-state index in [2.05, 4.69) is 17.4 Å². The zero-order valence-corrected chi connectivity index (χ0v) is 20.3. The van der Waals surface area contributed by atoms with Gasteiger partial charge in [0.25, 0.3) is 5.91 Å². The number of carbonyl (C=O) groups excluding carboxylic acids is 2. The fourth-order valence-electron chi connectivity index (χ4n) is 4.15. The maximum absolute atomic E-state index is 13.6. The third-order valence-corrected chi connectivity index (χ3v) is 7.38. The van der Waals surface area contributed by atoms with E-state index in [1.165, 1.54) is 5.56 Å². The van der Waals surface area contributed by atoms with Gasteiger partial charge in [0.2, 0.25) is 5.91 Å². The normalized spacial score (nSPS) is 18.4. The van der Waals surface area contributed by atoms with Crippen LogP contribution in [0.4, 0.5) is 0 Å². The third-order valence-electron chi connectivity index (χ3n) is 6.06. The Balaban J connectivity index is 1.50. The first kappa shape index (κ1) is 23.9. The van der Waals surface area contributed by atoms with Crippen molar-refractivity contribution >= 4 is 23.6 Å². The van der Waals surface area contributed by atoms with E-state index in [4.69, 9.17) is 4.74 Å².